The molecule has 1 aliphatic heterocycles. The Morgan fingerprint density at radius 1 is 1.22 bits per heavy atom. The monoisotopic (exact) mass is 371 g/mol. The van der Waals surface area contributed by atoms with Crippen molar-refractivity contribution in [1.82, 2.24) is 35.4 Å². The first-order chi connectivity index (χ1) is 13.0. The number of aromatic amines is 1. The Kier molecular flexibility index (Phi) is 4.88. The zero-order chi connectivity index (χ0) is 18.8. The lowest BCUT2D eigenvalue weighted by molar-refractivity contribution is -0.120. The number of carbonyl (C=O) groups is 1. The summed E-state index contributed by atoms with van der Waals surface area (Å²) in [7, 11) is 2.11. The molecule has 3 heterocycles. The maximum atomic E-state index is 11.9. The van der Waals surface area contributed by atoms with E-state index in [9.17, 15) is 4.79 Å². The summed E-state index contributed by atoms with van der Waals surface area (Å²) in [6.07, 6.45) is 2.44. The lowest BCUT2D eigenvalue weighted by Crippen LogP contribution is -2.45. The smallest absolute Gasteiger partial charge is 0.233 e. The fraction of sp³-hybridized carbons (Fsp3) is 0.588. The van der Waals surface area contributed by atoms with Gasteiger partial charge < -0.3 is 20.4 Å². The van der Waals surface area contributed by atoms with Gasteiger partial charge in [-0.15, -0.1) is 0 Å². The van der Waals surface area contributed by atoms with Crippen molar-refractivity contribution in [1.29, 1.82) is 0 Å². The van der Waals surface area contributed by atoms with Crippen LogP contribution >= 0.6 is 0 Å². The standard InChI is InChI=1S/C17H25N9O/c1-11-18-16(22-17(19-11)26-7-5-25(2)6-8-26)21-14-9-13(23-24-14)10-15(27)20-12-3-4-12/h9,12H,3-8,10H2,1-2H3,(H,20,27)(H2,18,19,21,22,23,24). The lowest BCUT2D eigenvalue weighted by Gasteiger charge is -2.32. The van der Waals surface area contributed by atoms with E-state index in [0.717, 1.165) is 44.7 Å². The summed E-state index contributed by atoms with van der Waals surface area (Å²) in [6.45, 7) is 5.60. The summed E-state index contributed by atoms with van der Waals surface area (Å²) in [5.74, 6) is 2.38. The fourth-order valence-corrected chi connectivity index (χ4v) is 2.98. The van der Waals surface area contributed by atoms with Crippen molar-refractivity contribution in [3.05, 3.63) is 17.6 Å². The van der Waals surface area contributed by atoms with Crippen molar-refractivity contribution < 1.29 is 4.79 Å². The normalized spacial score (nSPS) is 17.8. The number of amides is 1. The minimum atomic E-state index is 0.0149. The number of carbonyl (C=O) groups excluding carboxylic acids is 1. The van der Waals surface area contributed by atoms with E-state index in [-0.39, 0.29) is 12.3 Å². The zero-order valence-electron chi connectivity index (χ0n) is 15.7. The number of rotatable bonds is 6. The SMILES string of the molecule is Cc1nc(Nc2cc(CC(=O)NC3CC3)[nH]n2)nc(N2CCN(C)CC2)n1. The Balaban J connectivity index is 1.40. The van der Waals surface area contributed by atoms with E-state index in [2.05, 4.69) is 52.6 Å². The van der Waals surface area contributed by atoms with Crippen LogP contribution in [0, 0.1) is 6.92 Å². The molecule has 0 bridgehead atoms. The molecule has 2 aromatic heterocycles. The molecule has 0 atom stereocenters. The second kappa shape index (κ2) is 7.47. The third kappa shape index (κ3) is 4.70. The van der Waals surface area contributed by atoms with E-state index in [1.165, 1.54) is 0 Å². The molecule has 2 fully saturated rings. The highest BCUT2D eigenvalue weighted by Crippen LogP contribution is 2.19. The summed E-state index contributed by atoms with van der Waals surface area (Å²) in [5.41, 5.74) is 0.751. The summed E-state index contributed by atoms with van der Waals surface area (Å²) in [5, 5.41) is 13.2. The highest BCUT2D eigenvalue weighted by Gasteiger charge is 2.23. The van der Waals surface area contributed by atoms with Gasteiger partial charge in [-0.2, -0.15) is 20.1 Å². The van der Waals surface area contributed by atoms with Crippen LogP contribution in [-0.4, -0.2) is 75.2 Å². The predicted octanol–water partition coefficient (Wildman–Crippen LogP) is 0.220. The number of aromatic nitrogens is 5. The number of hydrogen-bond acceptors (Lipinski definition) is 8. The van der Waals surface area contributed by atoms with E-state index < -0.39 is 0 Å². The van der Waals surface area contributed by atoms with Crippen LogP contribution in [0.5, 0.6) is 0 Å². The molecule has 2 aliphatic rings. The summed E-state index contributed by atoms with van der Waals surface area (Å²) in [4.78, 5) is 29.7. The minimum absolute atomic E-state index is 0.0149. The Morgan fingerprint density at radius 3 is 2.74 bits per heavy atom. The number of H-pyrrole nitrogens is 1. The Morgan fingerprint density at radius 2 is 2.00 bits per heavy atom. The Hall–Kier alpha value is -2.75. The van der Waals surface area contributed by atoms with Crippen LogP contribution < -0.4 is 15.5 Å². The quantitative estimate of drug-likeness (QED) is 0.661. The van der Waals surface area contributed by atoms with E-state index in [4.69, 9.17) is 0 Å². The fourth-order valence-electron chi connectivity index (χ4n) is 2.98. The Labute approximate surface area is 157 Å². The first-order valence-electron chi connectivity index (χ1n) is 9.32. The van der Waals surface area contributed by atoms with Crippen molar-refractivity contribution in [2.45, 2.75) is 32.2 Å². The molecule has 1 aliphatic carbocycles. The number of anilines is 3. The van der Waals surface area contributed by atoms with Gasteiger partial charge in [0.15, 0.2) is 5.82 Å². The van der Waals surface area contributed by atoms with Crippen LogP contribution in [0.1, 0.15) is 24.4 Å². The molecule has 4 rings (SSSR count). The first-order valence-corrected chi connectivity index (χ1v) is 9.32. The molecular weight excluding hydrogens is 346 g/mol. The van der Waals surface area contributed by atoms with Crippen LogP contribution in [0.2, 0.25) is 0 Å². The predicted molar refractivity (Wildman–Crippen MR) is 101 cm³/mol. The zero-order valence-corrected chi connectivity index (χ0v) is 15.7. The van der Waals surface area contributed by atoms with Gasteiger partial charge in [0.2, 0.25) is 17.8 Å². The van der Waals surface area contributed by atoms with Crippen molar-refractivity contribution in [2.75, 3.05) is 43.4 Å². The average molecular weight is 371 g/mol. The van der Waals surface area contributed by atoms with Gasteiger partial charge in [-0.25, -0.2) is 0 Å². The molecule has 2 aromatic rings. The molecule has 1 saturated heterocycles. The minimum Gasteiger partial charge on any atom is -0.353 e. The second-order valence-corrected chi connectivity index (χ2v) is 7.22. The van der Waals surface area contributed by atoms with Gasteiger partial charge in [0.1, 0.15) is 5.82 Å². The highest BCUT2D eigenvalue weighted by atomic mass is 16.1. The van der Waals surface area contributed by atoms with Crippen molar-refractivity contribution >= 4 is 23.6 Å². The first kappa shape index (κ1) is 17.7. The molecule has 0 aromatic carbocycles. The molecule has 0 radical (unpaired) electrons. The van der Waals surface area contributed by atoms with Crippen LogP contribution in [0.3, 0.4) is 0 Å². The maximum absolute atomic E-state index is 11.9. The third-order valence-electron chi connectivity index (χ3n) is 4.69. The molecule has 0 unspecified atom stereocenters. The molecule has 27 heavy (non-hydrogen) atoms. The van der Waals surface area contributed by atoms with Gasteiger partial charge in [0.25, 0.3) is 0 Å². The maximum Gasteiger partial charge on any atom is 0.233 e. The van der Waals surface area contributed by atoms with E-state index >= 15 is 0 Å². The van der Waals surface area contributed by atoms with Gasteiger partial charge in [-0.05, 0) is 26.8 Å². The molecular formula is C17H25N9O. The number of nitrogens with one attached hydrogen (secondary N) is 3. The van der Waals surface area contributed by atoms with Crippen LogP contribution in [-0.2, 0) is 11.2 Å². The molecule has 10 heteroatoms. The lowest BCUT2D eigenvalue weighted by atomic mass is 10.3. The highest BCUT2D eigenvalue weighted by molar-refractivity contribution is 5.79. The molecule has 1 amide bonds. The topological polar surface area (TPSA) is 115 Å². The van der Waals surface area contributed by atoms with Crippen LogP contribution in [0.25, 0.3) is 0 Å². The summed E-state index contributed by atoms with van der Waals surface area (Å²) in [6, 6.07) is 2.17. The Bertz CT molecular complexity index is 808. The number of aryl methyl sites for hydroxylation is 1. The van der Waals surface area contributed by atoms with Crippen molar-refractivity contribution in [2.24, 2.45) is 0 Å². The van der Waals surface area contributed by atoms with Gasteiger partial charge in [0, 0.05) is 44.0 Å². The number of nitrogens with zero attached hydrogens (tertiary/aromatic N) is 6. The van der Waals surface area contributed by atoms with Gasteiger partial charge in [0.05, 0.1) is 6.42 Å². The van der Waals surface area contributed by atoms with Gasteiger partial charge in [-0.3, -0.25) is 9.89 Å². The third-order valence-corrected chi connectivity index (χ3v) is 4.69. The average Bonchev–Trinajstić information content (AvgIpc) is 3.33. The van der Waals surface area contributed by atoms with E-state index in [1.807, 2.05) is 6.92 Å². The molecule has 3 N–H and O–H groups in total. The largest absolute Gasteiger partial charge is 0.353 e. The molecule has 144 valence electrons. The molecule has 0 spiro atoms. The van der Waals surface area contributed by atoms with Crippen molar-refractivity contribution in [3.8, 4) is 0 Å². The molecule has 10 nitrogen and oxygen atoms in total. The second-order valence-electron chi connectivity index (χ2n) is 7.22. The molecule has 1 saturated carbocycles. The van der Waals surface area contributed by atoms with Gasteiger partial charge in [-0.1, -0.05) is 0 Å². The summed E-state index contributed by atoms with van der Waals surface area (Å²) >= 11 is 0. The number of piperazine rings is 1. The number of hydrogen-bond donors (Lipinski definition) is 3. The number of likely N-dealkylation sites (N-methyl/N-ethyl adjacent to an activating group) is 1. The van der Waals surface area contributed by atoms with Crippen LogP contribution in [0.4, 0.5) is 17.7 Å². The van der Waals surface area contributed by atoms with E-state index in [1.54, 1.807) is 6.07 Å². The van der Waals surface area contributed by atoms with E-state index in [0.29, 0.717) is 29.6 Å². The van der Waals surface area contributed by atoms with Gasteiger partial charge >= 0.3 is 0 Å². The summed E-state index contributed by atoms with van der Waals surface area (Å²) < 4.78 is 0. The van der Waals surface area contributed by atoms with Crippen molar-refractivity contribution in [3.63, 3.8) is 0 Å². The van der Waals surface area contributed by atoms with Crippen LogP contribution in [0.15, 0.2) is 6.07 Å².